The summed E-state index contributed by atoms with van der Waals surface area (Å²) in [6, 6.07) is 2.76. The Labute approximate surface area is 201 Å². The largest absolute Gasteiger partial charge is 0.445 e. The van der Waals surface area contributed by atoms with Gasteiger partial charge in [-0.3, -0.25) is 19.7 Å². The number of fused-ring (bicyclic) bond motifs is 5. The molecule has 0 aromatic heterocycles. The van der Waals surface area contributed by atoms with Crippen LogP contribution in [0.3, 0.4) is 0 Å². The molecule has 0 radical (unpaired) electrons. The van der Waals surface area contributed by atoms with Crippen molar-refractivity contribution in [3.8, 4) is 18.1 Å². The first-order chi connectivity index (χ1) is 16.4. The zero-order valence-electron chi connectivity index (χ0n) is 19.6. The van der Waals surface area contributed by atoms with E-state index in [-0.39, 0.29) is 29.7 Å². The molecule has 0 bridgehead atoms. The van der Waals surface area contributed by atoms with Crippen molar-refractivity contribution in [3.05, 3.63) is 43.5 Å². The second-order valence-corrected chi connectivity index (χ2v) is 9.79. The van der Waals surface area contributed by atoms with E-state index in [1.165, 1.54) is 19.9 Å². The van der Waals surface area contributed by atoms with Gasteiger partial charge in [-0.05, 0) is 55.6 Å². The van der Waals surface area contributed by atoms with Gasteiger partial charge in [0, 0.05) is 30.7 Å². The van der Waals surface area contributed by atoms with Crippen molar-refractivity contribution >= 4 is 17.6 Å². The topological polar surface area (TPSA) is 148 Å². The van der Waals surface area contributed by atoms with Crippen molar-refractivity contribution in [1.29, 1.82) is 0 Å². The average Bonchev–Trinajstić information content (AvgIpc) is 3.03. The molecule has 1 aromatic carbocycles. The lowest BCUT2D eigenvalue weighted by Crippen LogP contribution is -2.56. The maximum absolute atomic E-state index is 12.1. The number of hydrogen-bond donors (Lipinski definition) is 0. The lowest BCUT2D eigenvalue weighted by Gasteiger charge is -2.54. The van der Waals surface area contributed by atoms with E-state index < -0.39 is 45.0 Å². The predicted molar refractivity (Wildman–Crippen MR) is 120 cm³/mol. The monoisotopic (exact) mass is 486 g/mol. The minimum absolute atomic E-state index is 0.0517. The van der Waals surface area contributed by atoms with Gasteiger partial charge in [-0.2, -0.15) is 0 Å². The van der Waals surface area contributed by atoms with Gasteiger partial charge >= 0.3 is 11.9 Å². The first kappa shape index (κ1) is 24.4. The van der Waals surface area contributed by atoms with Crippen LogP contribution in [-0.4, -0.2) is 33.7 Å². The molecule has 2 saturated carbocycles. The molecule has 0 saturated heterocycles. The fourth-order valence-electron chi connectivity index (χ4n) is 6.97. The van der Waals surface area contributed by atoms with Gasteiger partial charge in [-0.15, -0.1) is 16.5 Å². The normalized spacial score (nSPS) is 32.7. The number of aryl methyl sites for hydroxylation is 1. The summed E-state index contributed by atoms with van der Waals surface area (Å²) in [5.74, 6) is 0.584. The lowest BCUT2D eigenvalue weighted by atomic mass is 9.52. The predicted octanol–water partition coefficient (Wildman–Crippen LogP) is 3.50. The molecule has 0 amide bonds. The highest BCUT2D eigenvalue weighted by Crippen LogP contribution is 2.66. The Bertz CT molecular complexity index is 1160. The van der Waals surface area contributed by atoms with Crippen LogP contribution in [0.2, 0.25) is 0 Å². The molecule has 6 atom stereocenters. The van der Waals surface area contributed by atoms with Crippen LogP contribution in [-0.2, 0) is 25.6 Å². The molecule has 6 unspecified atom stereocenters. The van der Waals surface area contributed by atoms with Gasteiger partial charge in [0.1, 0.15) is 11.9 Å². The summed E-state index contributed by atoms with van der Waals surface area (Å²) in [7, 11) is 0. The number of benzene rings is 1. The van der Waals surface area contributed by atoms with Crippen LogP contribution >= 0.6 is 0 Å². The molecule has 2 fully saturated rings. The van der Waals surface area contributed by atoms with E-state index in [1.807, 2.05) is 6.92 Å². The van der Waals surface area contributed by atoms with Gasteiger partial charge in [0.05, 0.1) is 11.0 Å². The Hall–Kier alpha value is -3.68. The highest BCUT2D eigenvalue weighted by Gasteiger charge is 2.66. The van der Waals surface area contributed by atoms with E-state index >= 15 is 0 Å². The highest BCUT2D eigenvalue weighted by molar-refractivity contribution is 5.70. The third-order valence-corrected chi connectivity index (χ3v) is 8.08. The molecule has 186 valence electrons. The van der Waals surface area contributed by atoms with Gasteiger partial charge in [0.25, 0.3) is 10.8 Å². The third kappa shape index (κ3) is 3.87. The number of nitrogens with zero attached hydrogens (tertiary/aromatic N) is 2. The summed E-state index contributed by atoms with van der Waals surface area (Å²) in [5, 5.41) is 22.7. The SMILES string of the molecule is C#CC1(OC(C)=O)CCC2C3CCc4cc(OC(C)=O)cc([N+](=O)[O-])c4C3C(O[N+](=O)[O-])CC21C. The Morgan fingerprint density at radius 2 is 1.89 bits per heavy atom. The van der Waals surface area contributed by atoms with Gasteiger partial charge in [0.2, 0.25) is 0 Å². The zero-order valence-corrected chi connectivity index (χ0v) is 19.6. The summed E-state index contributed by atoms with van der Waals surface area (Å²) in [5.41, 5.74) is -1.38. The second kappa shape index (κ2) is 8.52. The van der Waals surface area contributed by atoms with E-state index in [1.54, 1.807) is 6.07 Å². The number of ether oxygens (including phenoxy) is 2. The van der Waals surface area contributed by atoms with Gasteiger partial charge in [-0.1, -0.05) is 12.8 Å². The minimum Gasteiger partial charge on any atom is -0.445 e. The number of nitro groups is 1. The van der Waals surface area contributed by atoms with Crippen LogP contribution in [0.1, 0.15) is 63.5 Å². The molecule has 3 aliphatic carbocycles. The van der Waals surface area contributed by atoms with Crippen LogP contribution in [0.25, 0.3) is 0 Å². The number of esters is 2. The Morgan fingerprint density at radius 3 is 2.46 bits per heavy atom. The number of terminal acetylenes is 1. The summed E-state index contributed by atoms with van der Waals surface area (Å²) >= 11 is 0. The molecular formula is C24H26N2O9. The maximum Gasteiger partial charge on any atom is 0.308 e. The Balaban J connectivity index is 1.87. The van der Waals surface area contributed by atoms with Crippen molar-refractivity contribution in [2.75, 3.05) is 0 Å². The standard InChI is InChI=1S/C24H26N2O9/c1-5-24(34-14(3)28)9-8-18-17-7-6-15-10-16(33-13(2)27)11-19(25(29)30)21(15)22(17)20(35-26(31)32)12-23(18,24)4/h1,10-11,17-18,20,22H,6-9,12H2,2-4H3. The molecule has 4 rings (SSSR count). The number of hydrogen-bond acceptors (Lipinski definition) is 9. The summed E-state index contributed by atoms with van der Waals surface area (Å²) in [4.78, 5) is 51.6. The zero-order chi connectivity index (χ0) is 25.7. The quantitative estimate of drug-likeness (QED) is 0.200. The Morgan fingerprint density at radius 1 is 1.17 bits per heavy atom. The van der Waals surface area contributed by atoms with Crippen LogP contribution in [0.5, 0.6) is 5.75 Å². The lowest BCUT2D eigenvalue weighted by molar-refractivity contribution is -0.771. The van der Waals surface area contributed by atoms with E-state index in [2.05, 4.69) is 5.92 Å². The smallest absolute Gasteiger partial charge is 0.308 e. The van der Waals surface area contributed by atoms with Crippen molar-refractivity contribution in [3.63, 3.8) is 0 Å². The number of carbonyl (C=O) groups is 2. The van der Waals surface area contributed by atoms with Crippen molar-refractivity contribution in [2.45, 2.75) is 70.5 Å². The number of carbonyl (C=O) groups excluding carboxylic acids is 2. The molecule has 0 spiro atoms. The van der Waals surface area contributed by atoms with E-state index in [4.69, 9.17) is 20.7 Å². The summed E-state index contributed by atoms with van der Waals surface area (Å²) in [6.45, 7) is 4.34. The maximum atomic E-state index is 12.1. The van der Waals surface area contributed by atoms with Gasteiger partial charge in [0.15, 0.2) is 5.60 Å². The van der Waals surface area contributed by atoms with E-state index in [0.29, 0.717) is 36.8 Å². The molecule has 0 N–H and O–H groups in total. The summed E-state index contributed by atoms with van der Waals surface area (Å²) < 4.78 is 10.8. The van der Waals surface area contributed by atoms with Crippen LogP contribution < -0.4 is 4.74 Å². The van der Waals surface area contributed by atoms with Crippen LogP contribution in [0.4, 0.5) is 5.69 Å². The first-order valence-corrected chi connectivity index (χ1v) is 11.4. The van der Waals surface area contributed by atoms with Crippen molar-refractivity contribution < 1.29 is 33.9 Å². The molecule has 3 aliphatic rings. The number of rotatable bonds is 5. The molecule has 11 nitrogen and oxygen atoms in total. The minimum atomic E-state index is -1.25. The van der Waals surface area contributed by atoms with E-state index in [0.717, 1.165) is 0 Å². The Kier molecular flexibility index (Phi) is 5.95. The highest BCUT2D eigenvalue weighted by atomic mass is 17.0. The van der Waals surface area contributed by atoms with E-state index in [9.17, 15) is 29.8 Å². The van der Waals surface area contributed by atoms with Crippen LogP contribution in [0, 0.1) is 49.8 Å². The summed E-state index contributed by atoms with van der Waals surface area (Å²) in [6.07, 6.45) is 6.93. The first-order valence-electron chi connectivity index (χ1n) is 11.4. The molecule has 0 aliphatic heterocycles. The second-order valence-electron chi connectivity index (χ2n) is 9.79. The fraction of sp³-hybridized carbons (Fsp3) is 0.583. The van der Waals surface area contributed by atoms with Gasteiger partial charge < -0.3 is 14.3 Å². The third-order valence-electron chi connectivity index (χ3n) is 8.08. The molecule has 35 heavy (non-hydrogen) atoms. The molecular weight excluding hydrogens is 460 g/mol. The van der Waals surface area contributed by atoms with Crippen LogP contribution in [0.15, 0.2) is 12.1 Å². The van der Waals surface area contributed by atoms with Crippen molar-refractivity contribution in [2.24, 2.45) is 17.3 Å². The molecule has 0 heterocycles. The molecule has 11 heteroatoms. The fourth-order valence-corrected chi connectivity index (χ4v) is 6.97. The van der Waals surface area contributed by atoms with Gasteiger partial charge in [-0.25, -0.2) is 0 Å². The molecule has 1 aromatic rings. The van der Waals surface area contributed by atoms with Crippen molar-refractivity contribution in [1.82, 2.24) is 0 Å². The number of nitro benzene ring substituents is 1. The average molecular weight is 486 g/mol.